The zero-order valence-corrected chi connectivity index (χ0v) is 15.8. The van der Waals surface area contributed by atoms with Crippen LogP contribution in [-0.4, -0.2) is 27.4 Å². The molecule has 4 aromatic rings. The Morgan fingerprint density at radius 2 is 1.93 bits per heavy atom. The van der Waals surface area contributed by atoms with Gasteiger partial charge in [0.25, 0.3) is 0 Å². The van der Waals surface area contributed by atoms with E-state index in [1.54, 1.807) is 24.3 Å². The maximum atomic E-state index is 12.1. The Labute approximate surface area is 160 Å². The number of aryl methyl sites for hydroxylation is 1. The predicted octanol–water partition coefficient (Wildman–Crippen LogP) is 5.45. The molecule has 0 saturated carbocycles. The first-order chi connectivity index (χ1) is 13.1. The van der Waals surface area contributed by atoms with Gasteiger partial charge in [0.1, 0.15) is 5.01 Å². The van der Waals surface area contributed by atoms with Crippen molar-refractivity contribution in [2.45, 2.75) is 13.8 Å². The lowest BCUT2D eigenvalue weighted by molar-refractivity contribution is 0.152. The van der Waals surface area contributed by atoms with Gasteiger partial charge in [-0.05, 0) is 31.5 Å². The lowest BCUT2D eigenvalue weighted by Gasteiger charge is -2.06. The number of nitrogens with zero attached hydrogens (tertiary/aromatic N) is 2. The molecule has 0 unspecified atom stereocenters. The number of carbonyl (C=O) groups excluding carboxylic acids is 1. The molecule has 0 spiro atoms. The molecule has 0 aliphatic rings. The van der Waals surface area contributed by atoms with E-state index in [9.17, 15) is 9.90 Å². The minimum atomic E-state index is -0.585. The molecule has 2 aromatic heterocycles. The normalized spacial score (nSPS) is 11.0. The summed E-state index contributed by atoms with van der Waals surface area (Å²) in [4.78, 5) is 17.9. The molecular weight excluding hydrogens is 360 g/mol. The van der Waals surface area contributed by atoms with Gasteiger partial charge >= 0.3 is 6.09 Å². The van der Waals surface area contributed by atoms with Crippen LogP contribution in [0.5, 0.6) is 5.88 Å². The number of hydrogen-bond acceptors (Lipinski definition) is 5. The topological polar surface area (TPSA) is 64.3 Å². The largest absolute Gasteiger partial charge is 0.494 e. The van der Waals surface area contributed by atoms with E-state index in [4.69, 9.17) is 9.72 Å². The standard InChI is InChI=1S/C21H18N2O3S/c1-3-26-21(25)23-17-10-9-15(11-16(17)12-18(23)24)19-13(2)22-20(27-19)14-7-5-4-6-8-14/h4-12,24H,3H2,1-2H3. The number of carbonyl (C=O) groups is 1. The minimum absolute atomic E-state index is 0.133. The van der Waals surface area contributed by atoms with Crippen molar-refractivity contribution in [1.29, 1.82) is 0 Å². The number of rotatable bonds is 3. The Bertz CT molecular complexity index is 1130. The van der Waals surface area contributed by atoms with E-state index in [0.717, 1.165) is 32.1 Å². The SMILES string of the molecule is CCOC(=O)n1c(O)cc2cc(-c3sc(-c4ccccc4)nc3C)ccc21. The van der Waals surface area contributed by atoms with E-state index in [-0.39, 0.29) is 12.5 Å². The number of hydrogen-bond donors (Lipinski definition) is 1. The van der Waals surface area contributed by atoms with Gasteiger partial charge in [-0.3, -0.25) is 0 Å². The van der Waals surface area contributed by atoms with Crippen molar-refractivity contribution >= 4 is 28.3 Å². The Morgan fingerprint density at radius 1 is 1.15 bits per heavy atom. The van der Waals surface area contributed by atoms with Crippen LogP contribution in [0.4, 0.5) is 4.79 Å². The molecule has 0 aliphatic heterocycles. The number of thiazole rings is 1. The average Bonchev–Trinajstić information content (AvgIpc) is 3.21. The smallest absolute Gasteiger partial charge is 0.421 e. The maximum absolute atomic E-state index is 12.1. The molecule has 0 radical (unpaired) electrons. The van der Waals surface area contributed by atoms with Gasteiger partial charge in [0.15, 0.2) is 0 Å². The number of ether oxygens (including phenoxy) is 1. The van der Waals surface area contributed by atoms with Gasteiger partial charge in [0, 0.05) is 17.0 Å². The van der Waals surface area contributed by atoms with Gasteiger partial charge in [-0.25, -0.2) is 14.3 Å². The lowest BCUT2D eigenvalue weighted by Crippen LogP contribution is -2.12. The second-order valence-corrected chi connectivity index (χ2v) is 7.11. The summed E-state index contributed by atoms with van der Waals surface area (Å²) in [6.45, 7) is 3.97. The highest BCUT2D eigenvalue weighted by Gasteiger charge is 2.17. The number of aromatic nitrogens is 2. The van der Waals surface area contributed by atoms with Crippen LogP contribution in [-0.2, 0) is 4.74 Å². The van der Waals surface area contributed by atoms with Gasteiger partial charge < -0.3 is 9.84 Å². The van der Waals surface area contributed by atoms with Crippen molar-refractivity contribution in [2.24, 2.45) is 0 Å². The Kier molecular flexibility index (Phi) is 4.41. The average molecular weight is 378 g/mol. The van der Waals surface area contributed by atoms with Gasteiger partial charge in [0.2, 0.25) is 5.88 Å². The highest BCUT2D eigenvalue weighted by molar-refractivity contribution is 7.18. The molecule has 6 heteroatoms. The third-order valence-electron chi connectivity index (χ3n) is 4.31. The van der Waals surface area contributed by atoms with E-state index in [0.29, 0.717) is 5.52 Å². The van der Waals surface area contributed by atoms with Gasteiger partial charge in [-0.15, -0.1) is 11.3 Å². The van der Waals surface area contributed by atoms with Crippen molar-refractivity contribution in [3.05, 3.63) is 60.3 Å². The fraction of sp³-hybridized carbons (Fsp3) is 0.143. The highest BCUT2D eigenvalue weighted by Crippen LogP contribution is 2.37. The summed E-state index contributed by atoms with van der Waals surface area (Å²) in [5.74, 6) is -0.133. The van der Waals surface area contributed by atoms with E-state index >= 15 is 0 Å². The van der Waals surface area contributed by atoms with Crippen LogP contribution < -0.4 is 0 Å². The Hall–Kier alpha value is -3.12. The molecular formula is C21H18N2O3S. The van der Waals surface area contributed by atoms with Gasteiger partial charge in [0.05, 0.1) is 22.7 Å². The van der Waals surface area contributed by atoms with Crippen LogP contribution in [0.15, 0.2) is 54.6 Å². The Morgan fingerprint density at radius 3 is 2.67 bits per heavy atom. The molecule has 0 aliphatic carbocycles. The molecule has 136 valence electrons. The summed E-state index contributed by atoms with van der Waals surface area (Å²) in [6.07, 6.45) is -0.585. The summed E-state index contributed by atoms with van der Waals surface area (Å²) >= 11 is 1.63. The monoisotopic (exact) mass is 378 g/mol. The number of benzene rings is 2. The van der Waals surface area contributed by atoms with Crippen LogP contribution in [0.3, 0.4) is 0 Å². The molecule has 0 bridgehead atoms. The zero-order valence-electron chi connectivity index (χ0n) is 15.0. The molecule has 5 nitrogen and oxygen atoms in total. The van der Waals surface area contributed by atoms with Gasteiger partial charge in [-0.1, -0.05) is 36.4 Å². The summed E-state index contributed by atoms with van der Waals surface area (Å²) in [5, 5.41) is 11.9. The van der Waals surface area contributed by atoms with Crippen LogP contribution in [0.2, 0.25) is 0 Å². The van der Waals surface area contributed by atoms with Gasteiger partial charge in [-0.2, -0.15) is 0 Å². The molecule has 0 fully saturated rings. The summed E-state index contributed by atoms with van der Waals surface area (Å²) in [5.41, 5.74) is 3.65. The summed E-state index contributed by atoms with van der Waals surface area (Å²) < 4.78 is 6.20. The summed E-state index contributed by atoms with van der Waals surface area (Å²) in [6, 6.07) is 17.4. The zero-order chi connectivity index (χ0) is 19.0. The second-order valence-electron chi connectivity index (χ2n) is 6.11. The number of aromatic hydroxyl groups is 1. The molecule has 1 N–H and O–H groups in total. The van der Waals surface area contributed by atoms with E-state index < -0.39 is 6.09 Å². The van der Waals surface area contributed by atoms with Crippen molar-refractivity contribution < 1.29 is 14.6 Å². The maximum Gasteiger partial charge on any atom is 0.421 e. The van der Waals surface area contributed by atoms with Crippen LogP contribution in [0, 0.1) is 6.92 Å². The first-order valence-electron chi connectivity index (χ1n) is 8.63. The highest BCUT2D eigenvalue weighted by atomic mass is 32.1. The minimum Gasteiger partial charge on any atom is -0.494 e. The van der Waals surface area contributed by atoms with Crippen LogP contribution >= 0.6 is 11.3 Å². The summed E-state index contributed by atoms with van der Waals surface area (Å²) in [7, 11) is 0. The molecule has 4 rings (SSSR count). The molecule has 0 saturated heterocycles. The van der Waals surface area contributed by atoms with E-state index in [1.165, 1.54) is 4.57 Å². The van der Waals surface area contributed by atoms with Crippen LogP contribution in [0.25, 0.3) is 31.9 Å². The second kappa shape index (κ2) is 6.89. The third-order valence-corrected chi connectivity index (χ3v) is 5.57. The lowest BCUT2D eigenvalue weighted by atomic mass is 10.1. The molecule has 27 heavy (non-hydrogen) atoms. The fourth-order valence-corrected chi connectivity index (χ4v) is 4.16. The molecule has 0 atom stereocenters. The first kappa shape index (κ1) is 17.3. The quantitative estimate of drug-likeness (QED) is 0.515. The van der Waals surface area contributed by atoms with Crippen molar-refractivity contribution in [3.8, 4) is 26.9 Å². The fourth-order valence-electron chi connectivity index (χ4n) is 3.09. The molecule has 2 aromatic carbocycles. The molecule has 2 heterocycles. The van der Waals surface area contributed by atoms with Crippen molar-refractivity contribution in [2.75, 3.05) is 6.61 Å². The predicted molar refractivity (Wildman–Crippen MR) is 107 cm³/mol. The van der Waals surface area contributed by atoms with E-state index in [1.807, 2.05) is 55.5 Å². The van der Waals surface area contributed by atoms with E-state index in [2.05, 4.69) is 0 Å². The van der Waals surface area contributed by atoms with Crippen molar-refractivity contribution in [3.63, 3.8) is 0 Å². The number of fused-ring (bicyclic) bond motifs is 1. The Balaban J connectivity index is 1.77. The molecule has 0 amide bonds. The third kappa shape index (κ3) is 3.08. The van der Waals surface area contributed by atoms with Crippen LogP contribution in [0.1, 0.15) is 12.6 Å². The van der Waals surface area contributed by atoms with Crippen molar-refractivity contribution in [1.82, 2.24) is 9.55 Å². The first-order valence-corrected chi connectivity index (χ1v) is 9.45.